The van der Waals surface area contributed by atoms with Gasteiger partial charge in [-0.1, -0.05) is 6.07 Å². The maximum absolute atomic E-state index is 13.3. The summed E-state index contributed by atoms with van der Waals surface area (Å²) < 4.78 is 39.9. The van der Waals surface area contributed by atoms with E-state index < -0.39 is 11.7 Å². The third-order valence-electron chi connectivity index (χ3n) is 5.84. The van der Waals surface area contributed by atoms with Crippen LogP contribution in [0.3, 0.4) is 0 Å². The molecule has 2 heterocycles. The van der Waals surface area contributed by atoms with Crippen LogP contribution in [0, 0.1) is 6.92 Å². The average Bonchev–Trinajstić information content (AvgIpc) is 3.16. The Kier molecular flexibility index (Phi) is 7.17. The summed E-state index contributed by atoms with van der Waals surface area (Å²) in [5.41, 5.74) is 1.85. The molecule has 4 rings (SSSR count). The predicted octanol–water partition coefficient (Wildman–Crippen LogP) is 4.56. The molecule has 1 aliphatic heterocycles. The molecule has 0 radical (unpaired) electrons. The van der Waals surface area contributed by atoms with Crippen molar-refractivity contribution in [1.29, 1.82) is 0 Å². The number of piperidine rings is 1. The number of nitrogens with one attached hydrogen (secondary N) is 2. The normalized spacial score (nSPS) is 18.0. The van der Waals surface area contributed by atoms with E-state index in [-0.39, 0.29) is 29.9 Å². The molecule has 1 atom stereocenters. The van der Waals surface area contributed by atoms with Gasteiger partial charge < -0.3 is 15.5 Å². The summed E-state index contributed by atoms with van der Waals surface area (Å²) in [6.07, 6.45) is 0.112. The Morgan fingerprint density at radius 1 is 1.19 bits per heavy atom. The number of halogens is 4. The first-order valence-electron chi connectivity index (χ1n) is 10.6. The molecular formula is C22H27ClF3N5O. The van der Waals surface area contributed by atoms with Gasteiger partial charge in [-0.2, -0.15) is 18.2 Å². The molecule has 0 saturated carbocycles. The van der Waals surface area contributed by atoms with Crippen LogP contribution in [0.4, 0.5) is 30.6 Å². The number of aromatic nitrogens is 2. The number of nitrogens with zero attached hydrogens (tertiary/aromatic N) is 3. The number of hydrogen-bond donors (Lipinski definition) is 2. The van der Waals surface area contributed by atoms with Crippen molar-refractivity contribution in [2.75, 3.05) is 23.3 Å². The Labute approximate surface area is 191 Å². The molecule has 1 amide bonds. The molecule has 2 aliphatic rings. The van der Waals surface area contributed by atoms with Crippen LogP contribution in [-0.2, 0) is 23.8 Å². The van der Waals surface area contributed by atoms with E-state index in [0.29, 0.717) is 18.2 Å². The highest BCUT2D eigenvalue weighted by Gasteiger charge is 2.33. The van der Waals surface area contributed by atoms with E-state index in [0.717, 1.165) is 61.8 Å². The number of carbonyl (C=O) groups excluding carboxylic acids is 1. The summed E-state index contributed by atoms with van der Waals surface area (Å²) in [7, 11) is 0. The van der Waals surface area contributed by atoms with Crippen molar-refractivity contribution in [1.82, 2.24) is 15.3 Å². The second-order valence-electron chi connectivity index (χ2n) is 8.29. The van der Waals surface area contributed by atoms with E-state index in [2.05, 4.69) is 20.5 Å². The minimum atomic E-state index is -4.42. The summed E-state index contributed by atoms with van der Waals surface area (Å²) in [6.45, 7) is 4.44. The molecule has 2 aromatic rings. The SMILES string of the molecule is CC(=O)NC1CCCN(c2nc(Nc3ccc(C)c(C(F)(F)F)c3)nc3c2CCC3)C1.Cl. The van der Waals surface area contributed by atoms with E-state index in [1.165, 1.54) is 19.9 Å². The van der Waals surface area contributed by atoms with Gasteiger partial charge in [-0.05, 0) is 56.7 Å². The van der Waals surface area contributed by atoms with Gasteiger partial charge in [-0.3, -0.25) is 4.79 Å². The Morgan fingerprint density at radius 3 is 2.69 bits per heavy atom. The zero-order valence-electron chi connectivity index (χ0n) is 18.1. The molecule has 6 nitrogen and oxygen atoms in total. The highest BCUT2D eigenvalue weighted by atomic mass is 35.5. The molecule has 1 aromatic carbocycles. The molecule has 32 heavy (non-hydrogen) atoms. The first kappa shape index (κ1) is 24.1. The lowest BCUT2D eigenvalue weighted by Gasteiger charge is -2.35. The minimum Gasteiger partial charge on any atom is -0.354 e. The average molecular weight is 470 g/mol. The van der Waals surface area contributed by atoms with Gasteiger partial charge in [0.15, 0.2) is 0 Å². The van der Waals surface area contributed by atoms with Crippen LogP contribution in [-0.4, -0.2) is 35.0 Å². The first-order valence-corrected chi connectivity index (χ1v) is 10.6. The van der Waals surface area contributed by atoms with Crippen LogP contribution >= 0.6 is 12.4 Å². The van der Waals surface area contributed by atoms with Crippen LogP contribution in [0.25, 0.3) is 0 Å². The van der Waals surface area contributed by atoms with Gasteiger partial charge in [0.05, 0.1) is 11.3 Å². The Bertz CT molecular complexity index is 998. The summed E-state index contributed by atoms with van der Waals surface area (Å²) >= 11 is 0. The quantitative estimate of drug-likeness (QED) is 0.686. The number of rotatable bonds is 4. The fourth-order valence-corrected chi connectivity index (χ4v) is 4.44. The summed E-state index contributed by atoms with van der Waals surface area (Å²) in [5, 5.41) is 5.96. The summed E-state index contributed by atoms with van der Waals surface area (Å²) in [4.78, 5) is 22.9. The second-order valence-corrected chi connectivity index (χ2v) is 8.29. The van der Waals surface area contributed by atoms with Gasteiger partial charge in [0.2, 0.25) is 11.9 Å². The number of anilines is 3. The molecule has 1 aromatic heterocycles. The molecule has 1 unspecified atom stereocenters. The monoisotopic (exact) mass is 469 g/mol. The van der Waals surface area contributed by atoms with Crippen molar-refractivity contribution in [2.24, 2.45) is 0 Å². The van der Waals surface area contributed by atoms with E-state index in [1.807, 2.05) is 0 Å². The van der Waals surface area contributed by atoms with Crippen molar-refractivity contribution in [3.63, 3.8) is 0 Å². The minimum absolute atomic E-state index is 0. The van der Waals surface area contributed by atoms with Crippen LogP contribution in [0.1, 0.15) is 48.6 Å². The van der Waals surface area contributed by atoms with Gasteiger partial charge in [-0.15, -0.1) is 12.4 Å². The molecule has 1 saturated heterocycles. The lowest BCUT2D eigenvalue weighted by atomic mass is 10.0. The Hall–Kier alpha value is -2.55. The zero-order chi connectivity index (χ0) is 22.2. The molecule has 0 spiro atoms. The van der Waals surface area contributed by atoms with Crippen LogP contribution in [0.2, 0.25) is 0 Å². The number of alkyl halides is 3. The van der Waals surface area contributed by atoms with Crippen molar-refractivity contribution in [3.05, 3.63) is 40.6 Å². The highest BCUT2D eigenvalue weighted by molar-refractivity contribution is 5.85. The van der Waals surface area contributed by atoms with Crippen LogP contribution in [0.5, 0.6) is 0 Å². The van der Waals surface area contributed by atoms with Gasteiger partial charge in [0, 0.05) is 37.3 Å². The fraction of sp³-hybridized carbons (Fsp3) is 0.500. The first-order chi connectivity index (χ1) is 14.7. The topological polar surface area (TPSA) is 70.2 Å². The van der Waals surface area contributed by atoms with Crippen LogP contribution < -0.4 is 15.5 Å². The molecule has 174 valence electrons. The van der Waals surface area contributed by atoms with Crippen LogP contribution in [0.15, 0.2) is 18.2 Å². The third kappa shape index (κ3) is 5.26. The maximum Gasteiger partial charge on any atom is 0.416 e. The van der Waals surface area contributed by atoms with Crippen molar-refractivity contribution in [2.45, 2.75) is 58.2 Å². The summed E-state index contributed by atoms with van der Waals surface area (Å²) in [6, 6.07) is 4.21. The molecule has 10 heteroatoms. The number of fused-ring (bicyclic) bond motifs is 1. The Morgan fingerprint density at radius 2 is 1.97 bits per heavy atom. The maximum atomic E-state index is 13.3. The van der Waals surface area contributed by atoms with Gasteiger partial charge >= 0.3 is 6.18 Å². The molecule has 0 bridgehead atoms. The van der Waals surface area contributed by atoms with E-state index in [1.54, 1.807) is 6.07 Å². The number of carbonyl (C=O) groups is 1. The fourth-order valence-electron chi connectivity index (χ4n) is 4.44. The summed E-state index contributed by atoms with van der Waals surface area (Å²) in [5.74, 6) is 1.07. The molecule has 1 aliphatic carbocycles. The van der Waals surface area contributed by atoms with E-state index in [9.17, 15) is 18.0 Å². The third-order valence-corrected chi connectivity index (χ3v) is 5.84. The molecule has 1 fully saturated rings. The number of amides is 1. The van der Waals surface area contributed by atoms with E-state index in [4.69, 9.17) is 4.98 Å². The standard InChI is InChI=1S/C22H26F3N5O.ClH/c1-13-8-9-15(11-18(13)22(23,24)25)27-21-28-19-7-3-6-17(19)20(29-21)30-10-4-5-16(12-30)26-14(2)31;/h8-9,11,16H,3-7,10,12H2,1-2H3,(H,26,31)(H,27,28,29);1H. The number of hydrogen-bond acceptors (Lipinski definition) is 5. The van der Waals surface area contributed by atoms with Crippen molar-refractivity contribution >= 4 is 35.8 Å². The van der Waals surface area contributed by atoms with Gasteiger partial charge in [0.25, 0.3) is 0 Å². The van der Waals surface area contributed by atoms with E-state index >= 15 is 0 Å². The van der Waals surface area contributed by atoms with Crippen molar-refractivity contribution in [3.8, 4) is 0 Å². The number of benzene rings is 1. The second kappa shape index (κ2) is 9.52. The van der Waals surface area contributed by atoms with Gasteiger partial charge in [-0.25, -0.2) is 4.98 Å². The van der Waals surface area contributed by atoms with Gasteiger partial charge in [0.1, 0.15) is 5.82 Å². The largest absolute Gasteiger partial charge is 0.416 e. The highest BCUT2D eigenvalue weighted by Crippen LogP contribution is 2.35. The predicted molar refractivity (Wildman–Crippen MR) is 120 cm³/mol. The smallest absolute Gasteiger partial charge is 0.354 e. The van der Waals surface area contributed by atoms with Crippen molar-refractivity contribution < 1.29 is 18.0 Å². The number of aryl methyl sites for hydroxylation is 2. The lowest BCUT2D eigenvalue weighted by molar-refractivity contribution is -0.138. The Balaban J connectivity index is 0.00000289. The molecular weight excluding hydrogens is 443 g/mol. The lowest BCUT2D eigenvalue weighted by Crippen LogP contribution is -2.47. The zero-order valence-corrected chi connectivity index (χ0v) is 18.9. The molecule has 2 N–H and O–H groups in total.